The Morgan fingerprint density at radius 2 is 1.85 bits per heavy atom. The van der Waals surface area contributed by atoms with E-state index in [0.29, 0.717) is 22.5 Å². The molecule has 0 aliphatic carbocycles. The molecule has 0 bridgehead atoms. The molecule has 4 nitrogen and oxygen atoms in total. The molecule has 2 aromatic carbocycles. The largest absolute Gasteiger partial charge is 0.506 e. The predicted octanol–water partition coefficient (Wildman–Crippen LogP) is 3.19. The lowest BCUT2D eigenvalue weighted by Gasteiger charge is -2.03. The van der Waals surface area contributed by atoms with Gasteiger partial charge in [-0.2, -0.15) is 0 Å². The van der Waals surface area contributed by atoms with Gasteiger partial charge in [0.15, 0.2) is 0 Å². The maximum Gasteiger partial charge on any atom is 0.214 e. The number of aromatic hydroxyl groups is 1. The molecule has 0 unspecified atom stereocenters. The normalized spacial score (nSPS) is 13.6. The predicted molar refractivity (Wildman–Crippen MR) is 76.9 cm³/mol. The van der Waals surface area contributed by atoms with Gasteiger partial charge in [0.05, 0.1) is 11.2 Å². The number of phenols is 1. The number of hydrogen-bond donors (Lipinski definition) is 2. The second-order valence-electron chi connectivity index (χ2n) is 4.71. The maximum atomic E-state index is 12.4. The molecule has 3 aromatic rings. The number of carbonyl (C=O) groups is 1. The lowest BCUT2D eigenvalue weighted by Crippen LogP contribution is -2.11. The van der Waals surface area contributed by atoms with E-state index < -0.39 is 0 Å². The standard InChI is InChI=1S/C16H10N2O2/c19-13-6-5-9(10-7-8-17-14(10)13)15-16(20)11-3-1-2-4-12(11)18-15/h1-8,17,19H. The van der Waals surface area contributed by atoms with Crippen LogP contribution in [-0.2, 0) is 0 Å². The summed E-state index contributed by atoms with van der Waals surface area (Å²) in [5.74, 6) is 0.0890. The van der Waals surface area contributed by atoms with Crippen LogP contribution in [0.3, 0.4) is 0 Å². The van der Waals surface area contributed by atoms with Crippen molar-refractivity contribution in [3.63, 3.8) is 0 Å². The van der Waals surface area contributed by atoms with Crippen LogP contribution in [0.1, 0.15) is 15.9 Å². The number of nitrogens with one attached hydrogen (secondary N) is 1. The molecule has 96 valence electrons. The van der Waals surface area contributed by atoms with Crippen molar-refractivity contribution in [3.8, 4) is 5.75 Å². The molecule has 0 saturated heterocycles. The topological polar surface area (TPSA) is 65.4 Å². The molecule has 0 amide bonds. The summed E-state index contributed by atoms with van der Waals surface area (Å²) in [7, 11) is 0. The molecule has 2 N–H and O–H groups in total. The van der Waals surface area contributed by atoms with E-state index >= 15 is 0 Å². The minimum Gasteiger partial charge on any atom is -0.506 e. The number of phenolic OH excluding ortho intramolecular Hbond substituents is 1. The molecular formula is C16H10N2O2. The highest BCUT2D eigenvalue weighted by molar-refractivity contribution is 6.56. The lowest BCUT2D eigenvalue weighted by molar-refractivity contribution is 0.107. The van der Waals surface area contributed by atoms with E-state index in [2.05, 4.69) is 9.98 Å². The molecule has 4 rings (SSSR count). The molecule has 2 heterocycles. The van der Waals surface area contributed by atoms with Crippen molar-refractivity contribution in [2.45, 2.75) is 0 Å². The van der Waals surface area contributed by atoms with E-state index in [1.165, 1.54) is 0 Å². The second kappa shape index (κ2) is 3.81. The summed E-state index contributed by atoms with van der Waals surface area (Å²) in [5.41, 5.74) is 3.11. The summed E-state index contributed by atoms with van der Waals surface area (Å²) >= 11 is 0. The molecule has 1 aliphatic heterocycles. The van der Waals surface area contributed by atoms with Gasteiger partial charge in [-0.1, -0.05) is 12.1 Å². The van der Waals surface area contributed by atoms with Crippen molar-refractivity contribution in [2.75, 3.05) is 0 Å². The van der Waals surface area contributed by atoms with Gasteiger partial charge >= 0.3 is 0 Å². The molecule has 20 heavy (non-hydrogen) atoms. The second-order valence-corrected chi connectivity index (χ2v) is 4.71. The van der Waals surface area contributed by atoms with E-state index in [9.17, 15) is 9.90 Å². The van der Waals surface area contributed by atoms with Gasteiger partial charge in [-0.15, -0.1) is 0 Å². The molecule has 1 aliphatic rings. The number of benzene rings is 2. The van der Waals surface area contributed by atoms with E-state index in [1.807, 2.05) is 24.3 Å². The fourth-order valence-electron chi connectivity index (χ4n) is 2.59. The van der Waals surface area contributed by atoms with E-state index in [0.717, 1.165) is 10.9 Å². The number of Topliss-reactive ketones (excluding diaryl/α,β-unsaturated/α-hetero) is 1. The summed E-state index contributed by atoms with van der Waals surface area (Å²) in [6, 6.07) is 12.4. The summed E-state index contributed by atoms with van der Waals surface area (Å²) in [6.45, 7) is 0. The minimum atomic E-state index is -0.0752. The molecule has 4 heteroatoms. The van der Waals surface area contributed by atoms with Crippen LogP contribution in [0.2, 0.25) is 0 Å². The first kappa shape index (κ1) is 11.0. The van der Waals surface area contributed by atoms with Crippen molar-refractivity contribution in [1.82, 2.24) is 4.98 Å². The first-order valence-electron chi connectivity index (χ1n) is 6.27. The zero-order valence-corrected chi connectivity index (χ0v) is 10.4. The zero-order valence-electron chi connectivity index (χ0n) is 10.4. The Bertz CT molecular complexity index is 890. The van der Waals surface area contributed by atoms with Gasteiger partial charge in [0.1, 0.15) is 11.5 Å². The first-order chi connectivity index (χ1) is 9.75. The van der Waals surface area contributed by atoms with Gasteiger partial charge in [0, 0.05) is 22.7 Å². The third-order valence-electron chi connectivity index (χ3n) is 3.55. The molecular weight excluding hydrogens is 252 g/mol. The van der Waals surface area contributed by atoms with E-state index in [4.69, 9.17) is 0 Å². The number of aromatic amines is 1. The molecule has 0 radical (unpaired) electrons. The number of hydrogen-bond acceptors (Lipinski definition) is 3. The van der Waals surface area contributed by atoms with Crippen LogP contribution in [0.15, 0.2) is 53.7 Å². The van der Waals surface area contributed by atoms with Gasteiger partial charge in [-0.05, 0) is 30.3 Å². The van der Waals surface area contributed by atoms with E-state index in [1.54, 1.807) is 24.4 Å². The number of fused-ring (bicyclic) bond motifs is 2. The zero-order chi connectivity index (χ0) is 13.7. The summed E-state index contributed by atoms with van der Waals surface area (Å²) in [6.07, 6.45) is 1.74. The summed E-state index contributed by atoms with van der Waals surface area (Å²) in [4.78, 5) is 19.8. The highest BCUT2D eigenvalue weighted by Gasteiger charge is 2.26. The number of aromatic nitrogens is 1. The smallest absolute Gasteiger partial charge is 0.214 e. The fourth-order valence-corrected chi connectivity index (χ4v) is 2.59. The molecule has 0 fully saturated rings. The van der Waals surface area contributed by atoms with Crippen LogP contribution >= 0.6 is 0 Å². The highest BCUT2D eigenvalue weighted by atomic mass is 16.3. The van der Waals surface area contributed by atoms with Crippen molar-refractivity contribution < 1.29 is 9.90 Å². The van der Waals surface area contributed by atoms with Gasteiger partial charge in [0.2, 0.25) is 5.78 Å². The monoisotopic (exact) mass is 262 g/mol. The number of carbonyl (C=O) groups excluding carboxylic acids is 1. The Morgan fingerprint density at radius 1 is 1.00 bits per heavy atom. The number of nitrogens with zero attached hydrogens (tertiary/aromatic N) is 1. The number of ketones is 1. The summed E-state index contributed by atoms with van der Waals surface area (Å²) < 4.78 is 0. The molecule has 1 aromatic heterocycles. The minimum absolute atomic E-state index is 0.0752. The van der Waals surface area contributed by atoms with Crippen molar-refractivity contribution in [1.29, 1.82) is 0 Å². The Labute approximate surface area is 114 Å². The molecule has 0 saturated carbocycles. The number of aliphatic imine (C=N–C) groups is 1. The Hall–Kier alpha value is -2.88. The lowest BCUT2D eigenvalue weighted by atomic mass is 10.00. The molecule has 0 atom stereocenters. The van der Waals surface area contributed by atoms with Gasteiger partial charge in [-0.25, -0.2) is 4.99 Å². The van der Waals surface area contributed by atoms with Gasteiger partial charge < -0.3 is 10.1 Å². The summed E-state index contributed by atoms with van der Waals surface area (Å²) in [5, 5.41) is 10.6. The molecule has 0 spiro atoms. The van der Waals surface area contributed by atoms with Crippen LogP contribution in [0.5, 0.6) is 5.75 Å². The Kier molecular flexibility index (Phi) is 2.09. The Balaban J connectivity index is 1.97. The van der Waals surface area contributed by atoms with Crippen LogP contribution in [0.25, 0.3) is 10.9 Å². The van der Waals surface area contributed by atoms with Gasteiger partial charge in [-0.3, -0.25) is 4.79 Å². The average Bonchev–Trinajstić information content (AvgIpc) is 3.06. The third-order valence-corrected chi connectivity index (χ3v) is 3.55. The van der Waals surface area contributed by atoms with Crippen LogP contribution < -0.4 is 0 Å². The van der Waals surface area contributed by atoms with Crippen LogP contribution in [0, 0.1) is 0 Å². The van der Waals surface area contributed by atoms with Crippen molar-refractivity contribution in [3.05, 3.63) is 59.8 Å². The number of rotatable bonds is 1. The van der Waals surface area contributed by atoms with Crippen molar-refractivity contribution >= 4 is 28.1 Å². The van der Waals surface area contributed by atoms with E-state index in [-0.39, 0.29) is 11.5 Å². The highest BCUT2D eigenvalue weighted by Crippen LogP contribution is 2.33. The van der Waals surface area contributed by atoms with Crippen LogP contribution in [0.4, 0.5) is 5.69 Å². The quantitative estimate of drug-likeness (QED) is 0.707. The number of para-hydroxylation sites is 1. The van der Waals surface area contributed by atoms with Gasteiger partial charge in [0.25, 0.3) is 0 Å². The average molecular weight is 262 g/mol. The Morgan fingerprint density at radius 3 is 2.70 bits per heavy atom. The van der Waals surface area contributed by atoms with Crippen molar-refractivity contribution in [2.24, 2.45) is 4.99 Å². The number of H-pyrrole nitrogens is 1. The first-order valence-corrected chi connectivity index (χ1v) is 6.27. The van der Waals surface area contributed by atoms with Crippen LogP contribution in [-0.4, -0.2) is 21.6 Å². The maximum absolute atomic E-state index is 12.4. The third kappa shape index (κ3) is 1.36. The SMILES string of the molecule is O=C1C(c2ccc(O)c3[nH]ccc23)=Nc2ccccc21. The fraction of sp³-hybridized carbons (Fsp3) is 0.